The van der Waals surface area contributed by atoms with Gasteiger partial charge in [-0.25, -0.2) is 14.6 Å². The van der Waals surface area contributed by atoms with Crippen LogP contribution in [-0.4, -0.2) is 103 Å². The van der Waals surface area contributed by atoms with Gasteiger partial charge in [0.25, 0.3) is 0 Å². The number of aromatic nitrogens is 2. The molecule has 2 saturated heterocycles. The number of carbonyl (C=O) groups is 4. The lowest BCUT2D eigenvalue weighted by Crippen LogP contribution is -2.53. The van der Waals surface area contributed by atoms with Crippen LogP contribution in [0.15, 0.2) is 77.9 Å². The summed E-state index contributed by atoms with van der Waals surface area (Å²) < 4.78 is 9.57. The summed E-state index contributed by atoms with van der Waals surface area (Å²) in [6.07, 6.45) is 4.90. The second-order valence-corrected chi connectivity index (χ2v) is 22.4. The minimum Gasteiger partial charge on any atom is -0.453 e. The lowest BCUT2D eigenvalue weighted by Gasteiger charge is -2.30. The third-order valence-corrected chi connectivity index (χ3v) is 14.3. The number of alkyl carbamates (subject to hydrolysis) is 2. The Balaban J connectivity index is 1.11. The summed E-state index contributed by atoms with van der Waals surface area (Å²) in [5, 5.41) is 5.44. The summed E-state index contributed by atoms with van der Waals surface area (Å²) in [6.45, 7) is 14.8. The lowest BCUT2D eigenvalue weighted by molar-refractivity contribution is -0.135. The van der Waals surface area contributed by atoms with Gasteiger partial charge in [-0.15, -0.1) is 0 Å². The van der Waals surface area contributed by atoms with Crippen LogP contribution in [0.2, 0.25) is 19.1 Å². The molecule has 2 fully saturated rings. The van der Waals surface area contributed by atoms with E-state index in [0.29, 0.717) is 12.7 Å². The van der Waals surface area contributed by atoms with Gasteiger partial charge in [-0.3, -0.25) is 14.6 Å². The number of nitrogens with zero attached hydrogens (tertiary/aromatic N) is 4. The van der Waals surface area contributed by atoms with E-state index in [1.807, 2.05) is 56.6 Å². The highest BCUT2D eigenvalue weighted by molar-refractivity contribution is 6.78. The first kappa shape index (κ1) is 43.8. The molecule has 3 heterocycles. The Bertz CT molecular complexity index is 2250. The molecular weight excluding hydrogens is 775 g/mol. The molecule has 318 valence electrons. The largest absolute Gasteiger partial charge is 0.453 e. The highest BCUT2D eigenvalue weighted by Crippen LogP contribution is 2.38. The molecule has 0 unspecified atom stereocenters. The normalized spacial score (nSPS) is 18.9. The van der Waals surface area contributed by atoms with Crippen molar-refractivity contribution in [3.05, 3.63) is 84.3 Å². The molecule has 0 bridgehead atoms. The van der Waals surface area contributed by atoms with Crippen LogP contribution in [0, 0.1) is 11.8 Å². The van der Waals surface area contributed by atoms with Crippen molar-refractivity contribution in [3.8, 4) is 22.3 Å². The Kier molecular flexibility index (Phi) is 13.6. The monoisotopic (exact) mass is 833 g/mol. The van der Waals surface area contributed by atoms with E-state index in [1.165, 1.54) is 14.2 Å². The number of aromatic amines is 1. The maximum Gasteiger partial charge on any atom is 0.407 e. The first-order valence-corrected chi connectivity index (χ1v) is 24.2. The molecule has 3 N–H and O–H groups in total. The zero-order valence-corrected chi connectivity index (χ0v) is 37.2. The molecule has 1 aromatic heterocycles. The van der Waals surface area contributed by atoms with E-state index in [1.54, 1.807) is 6.20 Å². The Hall–Kier alpha value is -5.76. The van der Waals surface area contributed by atoms with E-state index in [-0.39, 0.29) is 35.7 Å². The van der Waals surface area contributed by atoms with Gasteiger partial charge in [-0.2, -0.15) is 0 Å². The quantitative estimate of drug-likeness (QED) is 0.0959. The predicted octanol–water partition coefficient (Wildman–Crippen LogP) is 8.21. The summed E-state index contributed by atoms with van der Waals surface area (Å²) in [5.41, 5.74) is 7.91. The van der Waals surface area contributed by atoms with Gasteiger partial charge in [0.2, 0.25) is 11.8 Å². The molecule has 3 aromatic carbocycles. The van der Waals surface area contributed by atoms with Gasteiger partial charge in [-0.1, -0.05) is 95.4 Å². The molecule has 60 heavy (non-hydrogen) atoms. The third kappa shape index (κ3) is 9.98. The first-order valence-electron chi connectivity index (χ1n) is 20.8. The number of H-pyrrole nitrogens is 1. The lowest BCUT2D eigenvalue weighted by atomic mass is 9.99. The number of nitrogens with one attached hydrogen (secondary N) is 3. The van der Waals surface area contributed by atoms with Gasteiger partial charge >= 0.3 is 12.2 Å². The summed E-state index contributed by atoms with van der Waals surface area (Å²) in [4.78, 5) is 68.3. The number of imidazole rings is 1. The number of amides is 4. The fraction of sp³-hybridized carbons (Fsp3) is 0.435. The molecule has 6 rings (SSSR count). The highest BCUT2D eigenvalue weighted by Gasteiger charge is 2.46. The average Bonchev–Trinajstić information content (AvgIpc) is 3.98. The van der Waals surface area contributed by atoms with Crippen LogP contribution in [0.5, 0.6) is 0 Å². The second-order valence-electron chi connectivity index (χ2n) is 17.4. The number of hydrogen-bond acceptors (Lipinski definition) is 8. The maximum atomic E-state index is 13.9. The first-order chi connectivity index (χ1) is 28.6. The van der Waals surface area contributed by atoms with Crippen molar-refractivity contribution in [2.45, 2.75) is 90.8 Å². The number of hydrogen-bond donors (Lipinski definition) is 3. The minimum atomic E-state index is -1.75. The van der Waals surface area contributed by atoms with Crippen LogP contribution in [0.4, 0.5) is 9.59 Å². The smallest absolute Gasteiger partial charge is 0.407 e. The van der Waals surface area contributed by atoms with Crippen LogP contribution < -0.4 is 10.6 Å². The second kappa shape index (κ2) is 18.7. The molecule has 0 spiro atoms. The Morgan fingerprint density at radius 1 is 0.817 bits per heavy atom. The number of rotatable bonds is 12. The van der Waals surface area contributed by atoms with E-state index in [0.717, 1.165) is 69.3 Å². The molecule has 2 aliphatic heterocycles. The van der Waals surface area contributed by atoms with Crippen molar-refractivity contribution in [2.24, 2.45) is 16.8 Å². The van der Waals surface area contributed by atoms with Crippen molar-refractivity contribution in [1.82, 2.24) is 30.4 Å². The molecule has 0 radical (unpaired) electrons. The molecule has 0 aliphatic carbocycles. The van der Waals surface area contributed by atoms with Crippen molar-refractivity contribution in [1.29, 1.82) is 0 Å². The van der Waals surface area contributed by atoms with E-state index in [4.69, 9.17) is 19.5 Å². The SMILES string of the molecule is COC(=O)N[C@H](C(=O)N1CCC[C@H]1/C(C)=N/C=C/c1ccc(-c2ccc(-c3ccc4[nH]c([C@@H]5C[Si](C)(C)CN5C(=O)[C@@H](NC(=O)OC)C(C)C)nc4c3)cc2)cc1)C(C)C. The molecule has 13 nitrogen and oxygen atoms in total. The summed E-state index contributed by atoms with van der Waals surface area (Å²) >= 11 is 0. The molecule has 0 saturated carbocycles. The van der Waals surface area contributed by atoms with Gasteiger partial charge in [-0.05, 0) is 83.7 Å². The predicted molar refractivity (Wildman–Crippen MR) is 239 cm³/mol. The zero-order valence-electron chi connectivity index (χ0n) is 36.2. The Labute approximate surface area is 354 Å². The van der Waals surface area contributed by atoms with Crippen molar-refractivity contribution in [2.75, 3.05) is 26.9 Å². The minimum absolute atomic E-state index is 0.0864. The molecular formula is C46H59N7O6Si. The van der Waals surface area contributed by atoms with Crippen LogP contribution in [0.3, 0.4) is 0 Å². The molecule has 4 atom stereocenters. The maximum absolute atomic E-state index is 13.9. The highest BCUT2D eigenvalue weighted by atomic mass is 28.3. The number of likely N-dealkylation sites (tertiary alicyclic amines) is 1. The molecule has 4 aromatic rings. The number of carbonyl (C=O) groups excluding carboxylic acids is 4. The van der Waals surface area contributed by atoms with Crippen LogP contribution in [0.25, 0.3) is 39.4 Å². The van der Waals surface area contributed by atoms with Crippen molar-refractivity contribution >= 4 is 54.9 Å². The Morgan fingerprint density at radius 3 is 1.92 bits per heavy atom. The van der Waals surface area contributed by atoms with E-state index >= 15 is 0 Å². The number of methoxy groups -OCH3 is 2. The molecule has 14 heteroatoms. The average molecular weight is 834 g/mol. The van der Waals surface area contributed by atoms with Crippen molar-refractivity contribution in [3.63, 3.8) is 0 Å². The number of ether oxygens (including phenoxy) is 2. The van der Waals surface area contributed by atoms with Gasteiger partial charge in [0.05, 0.1) is 45.4 Å². The number of aliphatic imine (C=N–C) groups is 1. The van der Waals surface area contributed by atoms with Gasteiger partial charge < -0.3 is 34.9 Å². The third-order valence-electron chi connectivity index (χ3n) is 11.6. The van der Waals surface area contributed by atoms with E-state index < -0.39 is 32.3 Å². The topological polar surface area (TPSA) is 158 Å². The standard InChI is InChI=1S/C46H59N7O6Si/c1-28(2)40(50-45(56)58-6)43(54)52-24-10-11-38(52)30(5)47-23-22-31-12-14-32(15-13-31)33-16-18-34(19-17-33)35-20-21-36-37(25-35)49-42(48-36)39-26-60(8,9)27-53(39)44(55)41(29(3)4)51-46(57)59-7/h12-23,25,28-29,38-41H,10-11,24,26-27H2,1-9H3,(H,48,49)(H,50,56)(H,51,57)/b23-22+,47-30+/t38-,39-,40-,41-/m0/s1. The zero-order chi connectivity index (χ0) is 43.3. The summed E-state index contributed by atoms with van der Waals surface area (Å²) in [5.74, 6) is 0.346. The van der Waals surface area contributed by atoms with Crippen LogP contribution >= 0.6 is 0 Å². The Morgan fingerprint density at radius 2 is 1.35 bits per heavy atom. The summed E-state index contributed by atoms with van der Waals surface area (Å²) in [6, 6.07) is 22.2. The van der Waals surface area contributed by atoms with Crippen LogP contribution in [-0.2, 0) is 19.1 Å². The molecule has 2 aliphatic rings. The van der Waals surface area contributed by atoms with E-state index in [9.17, 15) is 19.2 Å². The summed E-state index contributed by atoms with van der Waals surface area (Å²) in [7, 11) is 0.847. The van der Waals surface area contributed by atoms with Crippen LogP contribution in [0.1, 0.15) is 64.9 Å². The fourth-order valence-corrected chi connectivity index (χ4v) is 11.2. The van der Waals surface area contributed by atoms with Gasteiger partial charge in [0.1, 0.15) is 17.9 Å². The number of fused-ring (bicyclic) bond motifs is 1. The van der Waals surface area contributed by atoms with Crippen molar-refractivity contribution < 1.29 is 28.7 Å². The molecule has 4 amide bonds. The number of benzene rings is 3. The van der Waals surface area contributed by atoms with E-state index in [2.05, 4.69) is 89.4 Å². The fourth-order valence-electron chi connectivity index (χ4n) is 8.30. The van der Waals surface area contributed by atoms with Gasteiger partial charge in [0.15, 0.2) is 0 Å². The van der Waals surface area contributed by atoms with Gasteiger partial charge in [0, 0.05) is 24.6 Å².